The number of aliphatic hydroxyl groups excluding tert-OH is 1. The third-order valence-corrected chi connectivity index (χ3v) is 2.21. The number of halogens is 1. The first-order valence-corrected chi connectivity index (χ1v) is 5.06. The number of thioether (sulfide) groups is 1. The van der Waals surface area contributed by atoms with Crippen molar-refractivity contribution in [1.29, 1.82) is 0 Å². The van der Waals surface area contributed by atoms with Crippen LogP contribution in [0.1, 0.15) is 11.7 Å². The third kappa shape index (κ3) is 2.50. The number of aliphatic hydroxyl groups is 1. The van der Waals surface area contributed by atoms with Gasteiger partial charge in [-0.2, -0.15) is 11.8 Å². The van der Waals surface area contributed by atoms with Crippen LogP contribution in [0.4, 0.5) is 4.39 Å². The van der Waals surface area contributed by atoms with Crippen LogP contribution in [0.25, 0.3) is 0 Å². The standard InChI is InChI=1S/C9H11FOS/c1-12-6-9(11)7-3-2-4-8(10)5-7/h2-5,9,11H,6H2,1H3. The summed E-state index contributed by atoms with van der Waals surface area (Å²) in [6.07, 6.45) is 1.35. The van der Waals surface area contributed by atoms with Crippen LogP contribution < -0.4 is 0 Å². The van der Waals surface area contributed by atoms with Gasteiger partial charge in [0.1, 0.15) is 5.82 Å². The molecule has 0 saturated carbocycles. The summed E-state index contributed by atoms with van der Waals surface area (Å²) in [4.78, 5) is 0. The SMILES string of the molecule is CSCC(O)c1cccc(F)c1. The molecule has 1 aromatic carbocycles. The second kappa shape index (κ2) is 4.48. The van der Waals surface area contributed by atoms with Crippen molar-refractivity contribution in [2.24, 2.45) is 0 Å². The van der Waals surface area contributed by atoms with Gasteiger partial charge in [0.25, 0.3) is 0 Å². The van der Waals surface area contributed by atoms with Crippen molar-refractivity contribution < 1.29 is 9.50 Å². The highest BCUT2D eigenvalue weighted by Gasteiger charge is 2.06. The molecule has 66 valence electrons. The van der Waals surface area contributed by atoms with Crippen LogP contribution in [0.15, 0.2) is 24.3 Å². The normalized spacial score (nSPS) is 12.9. The van der Waals surface area contributed by atoms with Gasteiger partial charge in [-0.25, -0.2) is 4.39 Å². The zero-order chi connectivity index (χ0) is 8.97. The van der Waals surface area contributed by atoms with Crippen LogP contribution in [-0.2, 0) is 0 Å². The van der Waals surface area contributed by atoms with Gasteiger partial charge in [0.15, 0.2) is 0 Å². The Balaban J connectivity index is 2.73. The lowest BCUT2D eigenvalue weighted by molar-refractivity contribution is 0.203. The van der Waals surface area contributed by atoms with Gasteiger partial charge in [0, 0.05) is 5.75 Å². The first-order chi connectivity index (χ1) is 5.74. The van der Waals surface area contributed by atoms with Crippen LogP contribution in [-0.4, -0.2) is 17.1 Å². The van der Waals surface area contributed by atoms with E-state index < -0.39 is 6.10 Å². The third-order valence-electron chi connectivity index (χ3n) is 1.56. The van der Waals surface area contributed by atoms with E-state index in [1.54, 1.807) is 12.1 Å². The predicted octanol–water partition coefficient (Wildman–Crippen LogP) is 2.22. The molecule has 0 aliphatic carbocycles. The Morgan fingerprint density at radius 1 is 1.58 bits per heavy atom. The quantitative estimate of drug-likeness (QED) is 0.781. The minimum absolute atomic E-state index is 0.298. The largest absolute Gasteiger partial charge is 0.388 e. The van der Waals surface area contributed by atoms with Gasteiger partial charge in [-0.1, -0.05) is 12.1 Å². The second-order valence-electron chi connectivity index (χ2n) is 2.53. The molecular formula is C9H11FOS. The van der Waals surface area contributed by atoms with Crippen molar-refractivity contribution in [3.63, 3.8) is 0 Å². The summed E-state index contributed by atoms with van der Waals surface area (Å²) in [5, 5.41) is 9.46. The Hall–Kier alpha value is -0.540. The maximum Gasteiger partial charge on any atom is 0.123 e. The molecule has 0 saturated heterocycles. The molecule has 12 heavy (non-hydrogen) atoms. The molecule has 1 nitrogen and oxygen atoms in total. The molecule has 0 aliphatic rings. The molecule has 1 unspecified atom stereocenters. The molecule has 1 rings (SSSR count). The van der Waals surface area contributed by atoms with Crippen molar-refractivity contribution >= 4 is 11.8 Å². The van der Waals surface area contributed by atoms with Crippen molar-refractivity contribution in [2.75, 3.05) is 12.0 Å². The number of rotatable bonds is 3. The number of hydrogen-bond acceptors (Lipinski definition) is 2. The minimum atomic E-state index is -0.560. The lowest BCUT2D eigenvalue weighted by atomic mass is 10.1. The van der Waals surface area contributed by atoms with Gasteiger partial charge in [-0.05, 0) is 24.0 Å². The van der Waals surface area contributed by atoms with Crippen molar-refractivity contribution in [2.45, 2.75) is 6.10 Å². The van der Waals surface area contributed by atoms with E-state index in [2.05, 4.69) is 0 Å². The molecular weight excluding hydrogens is 175 g/mol. The van der Waals surface area contributed by atoms with Crippen LogP contribution in [0, 0.1) is 5.82 Å². The van der Waals surface area contributed by atoms with Crippen molar-refractivity contribution in [1.82, 2.24) is 0 Å². The molecule has 0 spiro atoms. The maximum absolute atomic E-state index is 12.6. The predicted molar refractivity (Wildman–Crippen MR) is 49.7 cm³/mol. The summed E-state index contributed by atoms with van der Waals surface area (Å²) in [7, 11) is 0. The summed E-state index contributed by atoms with van der Waals surface area (Å²) in [5.41, 5.74) is 0.643. The van der Waals surface area contributed by atoms with Gasteiger partial charge in [-0.15, -0.1) is 0 Å². The lowest BCUT2D eigenvalue weighted by Crippen LogP contribution is -2.00. The topological polar surface area (TPSA) is 20.2 Å². The highest BCUT2D eigenvalue weighted by atomic mass is 32.2. The maximum atomic E-state index is 12.6. The first kappa shape index (κ1) is 9.55. The van der Waals surface area contributed by atoms with E-state index in [4.69, 9.17) is 0 Å². The zero-order valence-electron chi connectivity index (χ0n) is 6.83. The van der Waals surface area contributed by atoms with Gasteiger partial charge in [0.2, 0.25) is 0 Å². The molecule has 3 heteroatoms. The zero-order valence-corrected chi connectivity index (χ0v) is 7.64. The molecule has 0 bridgehead atoms. The first-order valence-electron chi connectivity index (χ1n) is 3.66. The van der Waals surface area contributed by atoms with E-state index in [-0.39, 0.29) is 5.82 Å². The van der Waals surface area contributed by atoms with Gasteiger partial charge >= 0.3 is 0 Å². The van der Waals surface area contributed by atoms with E-state index in [0.29, 0.717) is 11.3 Å². The van der Waals surface area contributed by atoms with Gasteiger partial charge in [-0.3, -0.25) is 0 Å². The van der Waals surface area contributed by atoms with Crippen LogP contribution in [0.2, 0.25) is 0 Å². The van der Waals surface area contributed by atoms with Gasteiger partial charge < -0.3 is 5.11 Å². The molecule has 1 atom stereocenters. The van der Waals surface area contributed by atoms with E-state index in [0.717, 1.165) is 0 Å². The Morgan fingerprint density at radius 2 is 2.33 bits per heavy atom. The highest BCUT2D eigenvalue weighted by molar-refractivity contribution is 7.98. The molecule has 1 aromatic rings. The van der Waals surface area contributed by atoms with E-state index in [9.17, 15) is 9.50 Å². The molecule has 0 amide bonds. The second-order valence-corrected chi connectivity index (χ2v) is 3.44. The highest BCUT2D eigenvalue weighted by Crippen LogP contribution is 2.17. The Kier molecular flexibility index (Phi) is 3.56. The van der Waals surface area contributed by atoms with Crippen LogP contribution in [0.5, 0.6) is 0 Å². The summed E-state index contributed by atoms with van der Waals surface area (Å²) in [6.45, 7) is 0. The van der Waals surface area contributed by atoms with E-state index in [1.165, 1.54) is 23.9 Å². The van der Waals surface area contributed by atoms with Crippen molar-refractivity contribution in [3.05, 3.63) is 35.6 Å². The van der Waals surface area contributed by atoms with Crippen LogP contribution >= 0.6 is 11.8 Å². The average molecular weight is 186 g/mol. The number of hydrogen-bond donors (Lipinski definition) is 1. The summed E-state index contributed by atoms with van der Waals surface area (Å²) in [6, 6.07) is 6.06. The summed E-state index contributed by atoms with van der Waals surface area (Å²) in [5.74, 6) is 0.302. The van der Waals surface area contributed by atoms with Gasteiger partial charge in [0.05, 0.1) is 6.10 Å². The summed E-state index contributed by atoms with van der Waals surface area (Å²) >= 11 is 1.54. The molecule has 0 fully saturated rings. The van der Waals surface area contributed by atoms with E-state index >= 15 is 0 Å². The van der Waals surface area contributed by atoms with Crippen LogP contribution in [0.3, 0.4) is 0 Å². The Bertz CT molecular complexity index is 252. The molecule has 0 radical (unpaired) electrons. The molecule has 1 N–H and O–H groups in total. The Morgan fingerprint density at radius 3 is 2.92 bits per heavy atom. The lowest BCUT2D eigenvalue weighted by Gasteiger charge is -2.08. The molecule has 0 heterocycles. The fourth-order valence-electron chi connectivity index (χ4n) is 0.968. The van der Waals surface area contributed by atoms with Crippen molar-refractivity contribution in [3.8, 4) is 0 Å². The fraction of sp³-hybridized carbons (Fsp3) is 0.333. The average Bonchev–Trinajstić information content (AvgIpc) is 2.05. The monoisotopic (exact) mass is 186 g/mol. The minimum Gasteiger partial charge on any atom is -0.388 e. The van der Waals surface area contributed by atoms with E-state index in [1.807, 2.05) is 6.26 Å². The number of benzene rings is 1. The molecule has 0 aromatic heterocycles. The summed E-state index contributed by atoms with van der Waals surface area (Å²) < 4.78 is 12.6. The Labute approximate surface area is 75.6 Å². The molecule has 0 aliphatic heterocycles. The fourth-order valence-corrected chi connectivity index (χ4v) is 1.48. The smallest absolute Gasteiger partial charge is 0.123 e.